The molecule has 106 valence electrons. The lowest BCUT2D eigenvalue weighted by Crippen LogP contribution is -2.33. The van der Waals surface area contributed by atoms with Crippen LogP contribution in [0.2, 0.25) is 0 Å². The number of aliphatic hydroxyl groups is 1. The molecule has 0 saturated heterocycles. The van der Waals surface area contributed by atoms with Gasteiger partial charge in [0.25, 0.3) is 0 Å². The first-order valence-corrected chi connectivity index (χ1v) is 6.81. The molecule has 0 saturated carbocycles. The number of benzene rings is 1. The Kier molecular flexibility index (Phi) is 5.09. The summed E-state index contributed by atoms with van der Waals surface area (Å²) in [5.41, 5.74) is 1.51. The molecule has 2 unspecified atom stereocenters. The van der Waals surface area contributed by atoms with Crippen LogP contribution in [0.15, 0.2) is 48.7 Å². The van der Waals surface area contributed by atoms with Gasteiger partial charge in [-0.1, -0.05) is 30.3 Å². The Balaban J connectivity index is 1.78. The molecule has 0 radical (unpaired) electrons. The molecule has 4 nitrogen and oxygen atoms in total. The molecule has 3 N–H and O–H groups in total. The Morgan fingerprint density at radius 3 is 2.65 bits per heavy atom. The number of aromatic amines is 1. The summed E-state index contributed by atoms with van der Waals surface area (Å²) < 4.78 is 0. The van der Waals surface area contributed by atoms with Gasteiger partial charge in [-0.2, -0.15) is 0 Å². The number of nitrogens with one attached hydrogen (secondary N) is 2. The van der Waals surface area contributed by atoms with Crippen LogP contribution in [0, 0.1) is 0 Å². The molecular weight excluding hydrogens is 252 g/mol. The topological polar surface area (TPSA) is 65.1 Å². The summed E-state index contributed by atoms with van der Waals surface area (Å²) in [6, 6.07) is 13.0. The van der Waals surface area contributed by atoms with Crippen LogP contribution in [0.4, 0.5) is 0 Å². The minimum absolute atomic E-state index is 0.0731. The summed E-state index contributed by atoms with van der Waals surface area (Å²) in [6.45, 7) is 2.46. The predicted octanol–water partition coefficient (Wildman–Crippen LogP) is 2.30. The fourth-order valence-corrected chi connectivity index (χ4v) is 2.10. The Labute approximate surface area is 118 Å². The number of Topliss-reactive ketones (excluding diaryl/α,β-unsaturated/α-hetero) is 1. The first kappa shape index (κ1) is 14.5. The fourth-order valence-electron chi connectivity index (χ4n) is 2.10. The number of ketones is 1. The molecule has 0 bridgehead atoms. The molecule has 1 aromatic heterocycles. The number of carbonyl (C=O) groups is 1. The summed E-state index contributed by atoms with van der Waals surface area (Å²) in [5, 5.41) is 13.4. The summed E-state index contributed by atoms with van der Waals surface area (Å²) >= 11 is 0. The monoisotopic (exact) mass is 272 g/mol. The standard InChI is InChI=1S/C16H20N2O2/c1-12(16(20)13-6-3-2-4-7-13)17-11-9-15(19)14-8-5-10-18-14/h2-8,10,12,16-18,20H,9,11H2,1H3. The highest BCUT2D eigenvalue weighted by molar-refractivity contribution is 5.94. The molecule has 4 heteroatoms. The lowest BCUT2D eigenvalue weighted by atomic mass is 10.0. The van der Waals surface area contributed by atoms with Gasteiger partial charge in [0, 0.05) is 25.2 Å². The van der Waals surface area contributed by atoms with E-state index < -0.39 is 6.10 Å². The van der Waals surface area contributed by atoms with E-state index in [1.165, 1.54) is 0 Å². The molecule has 0 spiro atoms. The van der Waals surface area contributed by atoms with Crippen molar-refractivity contribution in [2.45, 2.75) is 25.5 Å². The first-order chi connectivity index (χ1) is 9.68. The first-order valence-electron chi connectivity index (χ1n) is 6.81. The molecular formula is C16H20N2O2. The average molecular weight is 272 g/mol. The van der Waals surface area contributed by atoms with Crippen LogP contribution in [0.1, 0.15) is 35.5 Å². The second-order valence-corrected chi connectivity index (χ2v) is 4.86. The highest BCUT2D eigenvalue weighted by Gasteiger charge is 2.16. The van der Waals surface area contributed by atoms with Crippen molar-refractivity contribution >= 4 is 5.78 Å². The predicted molar refractivity (Wildman–Crippen MR) is 78.6 cm³/mol. The zero-order valence-corrected chi connectivity index (χ0v) is 11.5. The minimum Gasteiger partial charge on any atom is -0.387 e. The van der Waals surface area contributed by atoms with Crippen LogP contribution in [0.3, 0.4) is 0 Å². The number of hydrogen-bond donors (Lipinski definition) is 3. The van der Waals surface area contributed by atoms with E-state index in [-0.39, 0.29) is 11.8 Å². The van der Waals surface area contributed by atoms with Crippen molar-refractivity contribution in [3.63, 3.8) is 0 Å². The van der Waals surface area contributed by atoms with E-state index in [0.717, 1.165) is 5.56 Å². The van der Waals surface area contributed by atoms with Gasteiger partial charge < -0.3 is 15.4 Å². The van der Waals surface area contributed by atoms with Crippen LogP contribution in [0.25, 0.3) is 0 Å². The number of rotatable bonds is 7. The summed E-state index contributed by atoms with van der Waals surface area (Å²) in [5.74, 6) is 0.0731. The highest BCUT2D eigenvalue weighted by atomic mass is 16.3. The second-order valence-electron chi connectivity index (χ2n) is 4.86. The van der Waals surface area contributed by atoms with E-state index >= 15 is 0 Å². The van der Waals surface area contributed by atoms with Gasteiger partial charge in [0.05, 0.1) is 11.8 Å². The van der Waals surface area contributed by atoms with Crippen molar-refractivity contribution < 1.29 is 9.90 Å². The summed E-state index contributed by atoms with van der Waals surface area (Å²) in [6.07, 6.45) is 1.58. The molecule has 0 aliphatic heterocycles. The van der Waals surface area contributed by atoms with E-state index in [1.807, 2.05) is 43.3 Å². The largest absolute Gasteiger partial charge is 0.387 e. The quantitative estimate of drug-likeness (QED) is 0.678. The molecule has 2 rings (SSSR count). The van der Waals surface area contributed by atoms with Crippen LogP contribution in [-0.2, 0) is 0 Å². The lowest BCUT2D eigenvalue weighted by Gasteiger charge is -2.20. The summed E-state index contributed by atoms with van der Waals surface area (Å²) in [4.78, 5) is 14.7. The van der Waals surface area contributed by atoms with Gasteiger partial charge in [0.2, 0.25) is 0 Å². The molecule has 2 aromatic rings. The van der Waals surface area contributed by atoms with E-state index in [0.29, 0.717) is 18.7 Å². The maximum atomic E-state index is 11.8. The fraction of sp³-hybridized carbons (Fsp3) is 0.312. The van der Waals surface area contributed by atoms with E-state index in [2.05, 4.69) is 10.3 Å². The van der Waals surface area contributed by atoms with E-state index in [4.69, 9.17) is 0 Å². The third-order valence-electron chi connectivity index (χ3n) is 3.33. The van der Waals surface area contributed by atoms with Crippen molar-refractivity contribution in [2.24, 2.45) is 0 Å². The van der Waals surface area contributed by atoms with E-state index in [9.17, 15) is 9.90 Å². The lowest BCUT2D eigenvalue weighted by molar-refractivity contribution is 0.0968. The van der Waals surface area contributed by atoms with Crippen molar-refractivity contribution in [1.29, 1.82) is 0 Å². The van der Waals surface area contributed by atoms with Crippen molar-refractivity contribution in [2.75, 3.05) is 6.54 Å². The van der Waals surface area contributed by atoms with Crippen molar-refractivity contribution in [1.82, 2.24) is 10.3 Å². The number of carbonyl (C=O) groups excluding carboxylic acids is 1. The van der Waals surface area contributed by atoms with Gasteiger partial charge >= 0.3 is 0 Å². The molecule has 1 aromatic carbocycles. The summed E-state index contributed by atoms with van der Waals surface area (Å²) in [7, 11) is 0. The van der Waals surface area contributed by atoms with Gasteiger partial charge in [0.15, 0.2) is 5.78 Å². The number of aliphatic hydroxyl groups excluding tert-OH is 1. The normalized spacial score (nSPS) is 13.9. The van der Waals surface area contributed by atoms with Crippen LogP contribution < -0.4 is 5.32 Å². The smallest absolute Gasteiger partial charge is 0.180 e. The molecule has 0 aliphatic carbocycles. The van der Waals surface area contributed by atoms with Gasteiger partial charge in [-0.3, -0.25) is 4.79 Å². The molecule has 0 fully saturated rings. The average Bonchev–Trinajstić information content (AvgIpc) is 3.01. The number of aromatic nitrogens is 1. The highest BCUT2D eigenvalue weighted by Crippen LogP contribution is 2.15. The Bertz CT molecular complexity index is 523. The Hall–Kier alpha value is -1.91. The molecule has 1 heterocycles. The van der Waals surface area contributed by atoms with Crippen molar-refractivity contribution in [3.05, 3.63) is 59.9 Å². The van der Waals surface area contributed by atoms with Crippen LogP contribution in [0.5, 0.6) is 0 Å². The van der Waals surface area contributed by atoms with Gasteiger partial charge in [-0.05, 0) is 24.6 Å². The van der Waals surface area contributed by atoms with Crippen LogP contribution in [-0.4, -0.2) is 28.5 Å². The maximum absolute atomic E-state index is 11.8. The molecule has 20 heavy (non-hydrogen) atoms. The van der Waals surface area contributed by atoms with Gasteiger partial charge in [0.1, 0.15) is 0 Å². The maximum Gasteiger partial charge on any atom is 0.180 e. The van der Waals surface area contributed by atoms with Crippen molar-refractivity contribution in [3.8, 4) is 0 Å². The molecule has 2 atom stereocenters. The third kappa shape index (κ3) is 3.79. The number of H-pyrrole nitrogens is 1. The Morgan fingerprint density at radius 1 is 1.25 bits per heavy atom. The molecule has 0 amide bonds. The van der Waals surface area contributed by atoms with Gasteiger partial charge in [-0.25, -0.2) is 0 Å². The third-order valence-corrected chi connectivity index (χ3v) is 3.33. The SMILES string of the molecule is CC(NCCC(=O)c1ccc[nH]1)C(O)c1ccccc1. The Morgan fingerprint density at radius 2 is 2.00 bits per heavy atom. The van der Waals surface area contributed by atoms with Gasteiger partial charge in [-0.15, -0.1) is 0 Å². The molecule has 0 aliphatic rings. The second kappa shape index (κ2) is 7.03. The zero-order chi connectivity index (χ0) is 14.4. The zero-order valence-electron chi connectivity index (χ0n) is 11.5. The number of hydrogen-bond acceptors (Lipinski definition) is 3. The van der Waals surface area contributed by atoms with E-state index in [1.54, 1.807) is 12.3 Å². The minimum atomic E-state index is -0.572. The van der Waals surface area contributed by atoms with Crippen LogP contribution >= 0.6 is 0 Å².